The van der Waals surface area contributed by atoms with Crippen LogP contribution in [0.2, 0.25) is 0 Å². The van der Waals surface area contributed by atoms with E-state index in [2.05, 4.69) is 45.1 Å². The van der Waals surface area contributed by atoms with Crippen LogP contribution in [0.5, 0.6) is 0 Å². The topological polar surface area (TPSA) is 314 Å². The highest BCUT2D eigenvalue weighted by molar-refractivity contribution is 5.92. The summed E-state index contributed by atoms with van der Waals surface area (Å²) in [5.74, 6) is -1.69. The summed E-state index contributed by atoms with van der Waals surface area (Å²) in [4.78, 5) is 114. The molecule has 472 valence electrons. The molecule has 0 bridgehead atoms. The number of hydrogen-bond donors (Lipinski definition) is 7. The number of rotatable bonds is 56. The first-order valence-electron chi connectivity index (χ1n) is 30.6. The maximum atomic E-state index is 12.9. The van der Waals surface area contributed by atoms with Crippen LogP contribution in [0, 0.1) is 11.3 Å². The van der Waals surface area contributed by atoms with E-state index in [4.69, 9.17) is 24.7 Å². The largest absolute Gasteiger partial charge is 0.480 e. The summed E-state index contributed by atoms with van der Waals surface area (Å²) >= 11 is 0. The number of nitrogens with zero attached hydrogens (tertiary/aromatic N) is 1. The molecule has 1 heterocycles. The Morgan fingerprint density at radius 3 is 1.68 bits per heavy atom. The molecule has 0 fully saturated rings. The van der Waals surface area contributed by atoms with Crippen LogP contribution in [0.15, 0.2) is 12.5 Å². The lowest BCUT2D eigenvalue weighted by Crippen LogP contribution is -2.41. The second kappa shape index (κ2) is 51.8. The van der Waals surface area contributed by atoms with Crippen molar-refractivity contribution in [1.29, 1.82) is 0 Å². The van der Waals surface area contributed by atoms with Crippen LogP contribution in [-0.4, -0.2) is 159 Å². The van der Waals surface area contributed by atoms with Gasteiger partial charge in [-0.25, -0.2) is 9.78 Å². The zero-order chi connectivity index (χ0) is 61.1. The number of amides is 3. The van der Waals surface area contributed by atoms with E-state index >= 15 is 0 Å². The fourth-order valence-corrected chi connectivity index (χ4v) is 8.65. The van der Waals surface area contributed by atoms with E-state index in [0.717, 1.165) is 50.6 Å². The Kier molecular flexibility index (Phi) is 48.8. The number of aliphatic carboxylic acids is 1. The van der Waals surface area contributed by atoms with Gasteiger partial charge in [0.25, 0.3) is 0 Å². The quantitative estimate of drug-likeness (QED) is 0.0312. The second-order valence-electron chi connectivity index (χ2n) is 22.4. The number of carbonyl (C=O) groups is 9. The molecule has 0 aromatic carbocycles. The van der Waals surface area contributed by atoms with Crippen molar-refractivity contribution in [1.82, 2.24) is 31.2 Å². The van der Waals surface area contributed by atoms with Crippen molar-refractivity contribution in [3.63, 3.8) is 0 Å². The van der Waals surface area contributed by atoms with Gasteiger partial charge in [0.2, 0.25) is 17.7 Å². The molecule has 3 amide bonds. The first-order chi connectivity index (χ1) is 39.3. The Labute approximate surface area is 490 Å². The van der Waals surface area contributed by atoms with Crippen molar-refractivity contribution < 1.29 is 67.2 Å². The van der Waals surface area contributed by atoms with Crippen LogP contribution in [0.1, 0.15) is 214 Å². The number of carboxylic acids is 1. The molecule has 0 aliphatic carbocycles. The number of nitrogens with two attached hydrogens (primary N) is 1. The van der Waals surface area contributed by atoms with Crippen molar-refractivity contribution in [2.24, 2.45) is 17.1 Å². The molecule has 1 aromatic rings. The summed E-state index contributed by atoms with van der Waals surface area (Å²) < 4.78 is 21.7. The third kappa shape index (κ3) is 48.7. The number of ether oxygens (including phenoxy) is 4. The number of hydrogen-bond acceptors (Lipinski definition) is 16. The van der Waals surface area contributed by atoms with Crippen LogP contribution < -0.4 is 27.0 Å². The molecule has 0 spiro atoms. The predicted octanol–water partition coefficient (Wildman–Crippen LogP) is 7.43. The minimum absolute atomic E-state index is 0.0492. The first kappa shape index (κ1) is 77.2. The monoisotopic (exact) mass is 1160 g/mol. The van der Waals surface area contributed by atoms with Gasteiger partial charge in [-0.2, -0.15) is 0 Å². The molecule has 0 saturated carbocycles. The smallest absolute Gasteiger partial charge is 0.326 e. The minimum Gasteiger partial charge on any atom is -0.480 e. The van der Waals surface area contributed by atoms with Crippen molar-refractivity contribution in [2.75, 3.05) is 79.0 Å². The molecule has 0 aliphatic heterocycles. The summed E-state index contributed by atoms with van der Waals surface area (Å²) in [5.41, 5.74) is 6.09. The molecule has 1 aromatic heterocycles. The number of carboxylic acid groups (broad SMARTS) is 1. The van der Waals surface area contributed by atoms with Crippen molar-refractivity contribution in [2.45, 2.75) is 227 Å². The van der Waals surface area contributed by atoms with Crippen molar-refractivity contribution in [3.05, 3.63) is 18.2 Å². The Hall–Kier alpha value is -4.80. The lowest BCUT2D eigenvalue weighted by Gasteiger charge is -2.24. The van der Waals surface area contributed by atoms with Gasteiger partial charge in [0, 0.05) is 75.5 Å². The van der Waals surface area contributed by atoms with Gasteiger partial charge in [0.05, 0.1) is 58.5 Å². The molecule has 21 heteroatoms. The summed E-state index contributed by atoms with van der Waals surface area (Å²) in [5, 5.41) is 20.4. The van der Waals surface area contributed by atoms with E-state index in [-0.39, 0.29) is 132 Å². The fraction of sp³-hybridized carbons (Fsp3) is 0.803. The van der Waals surface area contributed by atoms with Gasteiger partial charge in [-0.15, -0.1) is 0 Å². The third-order valence-corrected chi connectivity index (χ3v) is 13.7. The molecular formula is C61H109N7O14. The minimum atomic E-state index is -1.14. The van der Waals surface area contributed by atoms with E-state index in [0.29, 0.717) is 51.4 Å². The highest BCUT2D eigenvalue weighted by Gasteiger charge is 2.32. The van der Waals surface area contributed by atoms with Crippen LogP contribution in [0.4, 0.5) is 0 Å². The highest BCUT2D eigenvalue weighted by Crippen LogP contribution is 2.27. The summed E-state index contributed by atoms with van der Waals surface area (Å²) in [6.07, 6.45) is 27.0. The van der Waals surface area contributed by atoms with Crippen LogP contribution in [0.25, 0.3) is 0 Å². The number of Topliss-reactive ketones (excluding diaryl/α,β-unsaturated/α-hetero) is 5. The molecule has 8 N–H and O–H groups in total. The lowest BCUT2D eigenvalue weighted by atomic mass is 9.78. The molecule has 0 radical (unpaired) electrons. The number of carbonyl (C=O) groups excluding carboxylic acids is 8. The molecule has 0 aliphatic rings. The average molecular weight is 1160 g/mol. The van der Waals surface area contributed by atoms with Gasteiger partial charge in [-0.1, -0.05) is 130 Å². The van der Waals surface area contributed by atoms with Gasteiger partial charge in [-0.05, 0) is 51.9 Å². The van der Waals surface area contributed by atoms with E-state index in [9.17, 15) is 48.3 Å². The number of unbranched alkanes of at least 4 members (excludes halogenated alkanes) is 15. The zero-order valence-electron chi connectivity index (χ0n) is 51.2. The van der Waals surface area contributed by atoms with Gasteiger partial charge in [-0.3, -0.25) is 38.4 Å². The summed E-state index contributed by atoms with van der Waals surface area (Å²) in [6, 6.07) is -1.77. The maximum Gasteiger partial charge on any atom is 0.326 e. The highest BCUT2D eigenvalue weighted by atomic mass is 16.5. The van der Waals surface area contributed by atoms with Gasteiger partial charge < -0.3 is 56.0 Å². The number of H-pyrrole nitrogens is 1. The van der Waals surface area contributed by atoms with Crippen LogP contribution in [-0.2, 0) is 68.5 Å². The molecule has 0 saturated heterocycles. The number of imidazole rings is 1. The Morgan fingerprint density at radius 1 is 0.610 bits per heavy atom. The van der Waals surface area contributed by atoms with Gasteiger partial charge in [0.15, 0.2) is 5.78 Å². The van der Waals surface area contributed by atoms with Gasteiger partial charge >= 0.3 is 5.97 Å². The normalized spacial score (nSPS) is 12.4. The van der Waals surface area contributed by atoms with E-state index in [1.807, 2.05) is 0 Å². The Bertz CT molecular complexity index is 1870. The first-order valence-corrected chi connectivity index (χ1v) is 30.6. The maximum absolute atomic E-state index is 12.9. The molecule has 21 nitrogen and oxygen atoms in total. The molecule has 82 heavy (non-hydrogen) atoms. The van der Waals surface area contributed by atoms with E-state index < -0.39 is 23.5 Å². The summed E-state index contributed by atoms with van der Waals surface area (Å²) in [7, 11) is 0. The predicted molar refractivity (Wildman–Crippen MR) is 317 cm³/mol. The van der Waals surface area contributed by atoms with Crippen LogP contribution >= 0.6 is 0 Å². The number of nitrogens with one attached hydrogen (secondary N) is 5. The molecular weight excluding hydrogens is 1050 g/mol. The molecule has 0 unspecified atom stereocenters. The Morgan fingerprint density at radius 2 is 1.15 bits per heavy atom. The Balaban J connectivity index is 0.00000666. The number of aromatic amines is 1. The molecule has 1 rings (SSSR count). The molecule has 3 atom stereocenters. The standard InChI is InChI=1S/C55H98N6O12.C6H11NO2/c1-5-6-7-8-9-10-11-12-13-14-15-16-17-18-19-25-51(65)61-48(54(68)69)28-27-46(62)24-22-32-70-34-36-72-42-53(67)59-31-33-71-35-37-73-41-52(66)58-30-21-20-23-44(2)26-29-50(64)55(3,4)39-49(63)47(56)38-45-40-57-43-60-45;1-5(8)3-7-4-6(2)9/h40,43-44,47-48H,5-39,41-42,56H2,1-4H3,(H,57,60)(H,58,66)(H,59,67)(H,61,65)(H,68,69);7H,3-4H2,1-2H3/t44-,47+,48+;/m1./s1. The van der Waals surface area contributed by atoms with Crippen molar-refractivity contribution in [3.8, 4) is 0 Å². The fourth-order valence-electron chi connectivity index (χ4n) is 8.65. The lowest BCUT2D eigenvalue weighted by molar-refractivity contribution is -0.142. The number of aromatic nitrogens is 2. The SMILES string of the molecule is CC(=O)CNCC(C)=O.CCCCCCCCCCCCCCCCCC(=O)N[C@@H](CCC(=O)CCCOCCOCC(=O)NCCOCCOCC(=O)NCCCC[C@@H](C)CCC(=O)C(C)(C)CC(=O)[C@@H](N)Cc1cnc[nH]1)C(=O)O. The summed E-state index contributed by atoms with van der Waals surface area (Å²) in [6.45, 7) is 13.6. The van der Waals surface area contributed by atoms with Gasteiger partial charge in [0.1, 0.15) is 42.4 Å². The van der Waals surface area contributed by atoms with Crippen LogP contribution in [0.3, 0.4) is 0 Å². The van der Waals surface area contributed by atoms with E-state index in [1.165, 1.54) is 90.9 Å². The van der Waals surface area contributed by atoms with Crippen molar-refractivity contribution >= 4 is 52.6 Å². The second-order valence-corrected chi connectivity index (χ2v) is 22.4. The van der Waals surface area contributed by atoms with E-state index in [1.54, 1.807) is 26.4 Å². The zero-order valence-corrected chi connectivity index (χ0v) is 51.2. The third-order valence-electron chi connectivity index (χ3n) is 13.7. The average Bonchev–Trinajstić information content (AvgIpc) is 4.00. The number of ketones is 5.